The van der Waals surface area contributed by atoms with Gasteiger partial charge >= 0.3 is 0 Å². The highest BCUT2D eigenvalue weighted by Crippen LogP contribution is 2.10. The Kier molecular flexibility index (Phi) is 7.32. The Hall–Kier alpha value is -1.17. The molecule has 0 saturated carbocycles. The van der Waals surface area contributed by atoms with E-state index < -0.39 is 0 Å². The molecule has 0 saturated heterocycles. The van der Waals surface area contributed by atoms with Crippen molar-refractivity contribution in [2.75, 3.05) is 46.6 Å². The molecule has 1 aromatic carbocycles. The molecule has 0 aromatic heterocycles. The van der Waals surface area contributed by atoms with Crippen LogP contribution in [0.1, 0.15) is 0 Å². The Morgan fingerprint density at radius 1 is 1.11 bits per heavy atom. The van der Waals surface area contributed by atoms with Crippen molar-refractivity contribution in [2.24, 2.45) is 0 Å². The van der Waals surface area contributed by atoms with Crippen LogP contribution in [0.5, 0.6) is 5.75 Å². The fraction of sp³-hybridized carbons (Fsp3) is 0.538. The second-order valence-electron chi connectivity index (χ2n) is 4.10. The molecular weight excluding hydrogens is 237 g/mol. The maximum Gasteiger partial charge on any atom is 0.123 e. The second-order valence-corrected chi connectivity index (χ2v) is 4.10. The number of aliphatic hydroxyl groups is 1. The fourth-order valence-corrected chi connectivity index (χ4v) is 1.41. The summed E-state index contributed by atoms with van der Waals surface area (Å²) in [5, 5.41) is 8.71. The molecule has 0 bridgehead atoms. The van der Waals surface area contributed by atoms with Gasteiger partial charge in [-0.25, -0.2) is 4.39 Å². The van der Waals surface area contributed by atoms with Crippen LogP contribution in [-0.2, 0) is 4.74 Å². The molecule has 1 unspecified atom stereocenters. The Labute approximate surface area is 107 Å². The van der Waals surface area contributed by atoms with Crippen molar-refractivity contribution in [3.8, 4) is 5.75 Å². The molecule has 5 heteroatoms. The van der Waals surface area contributed by atoms with Gasteiger partial charge in [0.1, 0.15) is 31.3 Å². The minimum atomic E-state index is -0.270. The summed E-state index contributed by atoms with van der Waals surface area (Å²) < 4.78 is 23.4. The van der Waals surface area contributed by atoms with Crippen LogP contribution in [-0.4, -0.2) is 51.7 Å². The van der Waals surface area contributed by atoms with Gasteiger partial charge in [-0.15, -0.1) is 0 Å². The highest BCUT2D eigenvalue weighted by molar-refractivity contribution is 5.21. The lowest BCUT2D eigenvalue weighted by molar-refractivity contribution is -0.880. The van der Waals surface area contributed by atoms with Gasteiger partial charge in [-0.05, 0) is 24.3 Å². The minimum absolute atomic E-state index is 0.194. The van der Waals surface area contributed by atoms with E-state index in [1.165, 1.54) is 17.0 Å². The van der Waals surface area contributed by atoms with Crippen molar-refractivity contribution in [2.45, 2.75) is 0 Å². The molecule has 4 nitrogen and oxygen atoms in total. The summed E-state index contributed by atoms with van der Waals surface area (Å²) in [5.41, 5.74) is 0. The molecule has 1 aromatic rings. The van der Waals surface area contributed by atoms with E-state index in [2.05, 4.69) is 0 Å². The van der Waals surface area contributed by atoms with Crippen LogP contribution < -0.4 is 9.64 Å². The third-order valence-corrected chi connectivity index (χ3v) is 2.52. The molecule has 18 heavy (non-hydrogen) atoms. The number of hydrogen-bond donors (Lipinski definition) is 2. The van der Waals surface area contributed by atoms with E-state index in [9.17, 15) is 4.39 Å². The second kappa shape index (κ2) is 8.85. The van der Waals surface area contributed by atoms with Gasteiger partial charge in [-0.3, -0.25) is 0 Å². The number of likely N-dealkylation sites (N-methyl/N-ethyl adjacent to an activating group) is 1. The molecule has 0 aliphatic carbocycles. The molecule has 1 rings (SSSR count). The first kappa shape index (κ1) is 14.9. The summed E-state index contributed by atoms with van der Waals surface area (Å²) in [6.45, 7) is 3.37. The molecule has 2 N–H and O–H groups in total. The predicted molar refractivity (Wildman–Crippen MR) is 66.4 cm³/mol. The van der Waals surface area contributed by atoms with Crippen LogP contribution in [0.3, 0.4) is 0 Å². The summed E-state index contributed by atoms with van der Waals surface area (Å²) >= 11 is 0. The van der Waals surface area contributed by atoms with Gasteiger partial charge in [0, 0.05) is 0 Å². The van der Waals surface area contributed by atoms with Crippen molar-refractivity contribution in [3.05, 3.63) is 30.1 Å². The third-order valence-electron chi connectivity index (χ3n) is 2.52. The summed E-state index contributed by atoms with van der Waals surface area (Å²) in [4.78, 5) is 1.23. The van der Waals surface area contributed by atoms with E-state index in [1.807, 2.05) is 7.05 Å². The van der Waals surface area contributed by atoms with Crippen molar-refractivity contribution in [3.63, 3.8) is 0 Å². The SMILES string of the molecule is C[NH+](CCO)CCOCCOc1ccc(F)cc1. The van der Waals surface area contributed by atoms with Crippen LogP contribution in [0, 0.1) is 5.82 Å². The van der Waals surface area contributed by atoms with Crippen LogP contribution >= 0.6 is 0 Å². The lowest BCUT2D eigenvalue weighted by atomic mass is 10.3. The summed E-state index contributed by atoms with van der Waals surface area (Å²) in [5.74, 6) is 0.372. The first-order chi connectivity index (χ1) is 8.72. The number of hydrogen-bond acceptors (Lipinski definition) is 3. The average molecular weight is 258 g/mol. The van der Waals surface area contributed by atoms with Gasteiger partial charge in [0.15, 0.2) is 0 Å². The van der Waals surface area contributed by atoms with Crippen LogP contribution in [0.4, 0.5) is 4.39 Å². The molecule has 0 heterocycles. The largest absolute Gasteiger partial charge is 0.491 e. The van der Waals surface area contributed by atoms with E-state index in [1.54, 1.807) is 12.1 Å². The van der Waals surface area contributed by atoms with Crippen LogP contribution in [0.2, 0.25) is 0 Å². The van der Waals surface area contributed by atoms with Gasteiger partial charge in [-0.1, -0.05) is 0 Å². The molecule has 0 aliphatic rings. The van der Waals surface area contributed by atoms with Crippen molar-refractivity contribution >= 4 is 0 Å². The molecular formula is C13H21FNO3+. The average Bonchev–Trinajstić information content (AvgIpc) is 2.36. The normalized spacial score (nSPS) is 12.4. The zero-order valence-electron chi connectivity index (χ0n) is 10.7. The molecule has 0 spiro atoms. The maximum atomic E-state index is 12.6. The maximum absolute atomic E-state index is 12.6. The monoisotopic (exact) mass is 258 g/mol. The van der Waals surface area contributed by atoms with Gasteiger partial charge in [0.05, 0.1) is 26.9 Å². The van der Waals surface area contributed by atoms with E-state index in [0.717, 1.165) is 13.1 Å². The first-order valence-electron chi connectivity index (χ1n) is 6.10. The topological polar surface area (TPSA) is 43.1 Å². The van der Waals surface area contributed by atoms with Crippen LogP contribution in [0.15, 0.2) is 24.3 Å². The highest BCUT2D eigenvalue weighted by atomic mass is 19.1. The predicted octanol–water partition coefficient (Wildman–Crippen LogP) is -0.272. The zero-order valence-corrected chi connectivity index (χ0v) is 10.7. The van der Waals surface area contributed by atoms with Crippen LogP contribution in [0.25, 0.3) is 0 Å². The molecule has 0 radical (unpaired) electrons. The Morgan fingerprint density at radius 3 is 2.50 bits per heavy atom. The molecule has 0 aliphatic heterocycles. The number of quaternary nitrogens is 1. The number of benzene rings is 1. The fourth-order valence-electron chi connectivity index (χ4n) is 1.41. The number of aliphatic hydroxyl groups excluding tert-OH is 1. The zero-order chi connectivity index (χ0) is 13.2. The quantitative estimate of drug-likeness (QED) is 0.599. The van der Waals surface area contributed by atoms with Crippen molar-refractivity contribution in [1.82, 2.24) is 0 Å². The summed E-state index contributed by atoms with van der Waals surface area (Å²) in [6.07, 6.45) is 0. The smallest absolute Gasteiger partial charge is 0.123 e. The van der Waals surface area contributed by atoms with Gasteiger partial charge in [0.2, 0.25) is 0 Å². The van der Waals surface area contributed by atoms with Gasteiger partial charge in [0.25, 0.3) is 0 Å². The first-order valence-corrected chi connectivity index (χ1v) is 6.10. The standard InChI is InChI=1S/C13H20FNO3/c1-15(6-8-16)7-9-17-10-11-18-13-4-2-12(14)3-5-13/h2-5,16H,6-11H2,1H3/p+1. The van der Waals surface area contributed by atoms with E-state index in [4.69, 9.17) is 14.6 Å². The van der Waals surface area contributed by atoms with E-state index >= 15 is 0 Å². The molecule has 102 valence electrons. The van der Waals surface area contributed by atoms with Crippen molar-refractivity contribution in [1.29, 1.82) is 0 Å². The van der Waals surface area contributed by atoms with Gasteiger partial charge in [-0.2, -0.15) is 0 Å². The number of ether oxygens (including phenoxy) is 2. The number of nitrogens with one attached hydrogen (secondary N) is 1. The Balaban J connectivity index is 2.00. The molecule has 0 fully saturated rings. The van der Waals surface area contributed by atoms with E-state index in [-0.39, 0.29) is 12.4 Å². The minimum Gasteiger partial charge on any atom is -0.491 e. The molecule has 1 atom stereocenters. The van der Waals surface area contributed by atoms with Crippen molar-refractivity contribution < 1.29 is 23.9 Å². The molecule has 0 amide bonds. The third kappa shape index (κ3) is 6.54. The number of rotatable bonds is 9. The Morgan fingerprint density at radius 2 is 1.83 bits per heavy atom. The lowest BCUT2D eigenvalue weighted by Gasteiger charge is -2.12. The van der Waals surface area contributed by atoms with E-state index in [0.29, 0.717) is 25.6 Å². The Bertz CT molecular complexity index is 319. The highest BCUT2D eigenvalue weighted by Gasteiger charge is 2.00. The number of halogens is 1. The summed E-state index contributed by atoms with van der Waals surface area (Å²) in [6, 6.07) is 5.91. The summed E-state index contributed by atoms with van der Waals surface area (Å²) in [7, 11) is 2.01. The lowest BCUT2D eigenvalue weighted by Crippen LogP contribution is -3.10. The van der Waals surface area contributed by atoms with Gasteiger partial charge < -0.3 is 19.5 Å².